The van der Waals surface area contributed by atoms with Crippen LogP contribution in [0.3, 0.4) is 0 Å². The van der Waals surface area contributed by atoms with Crippen LogP contribution in [0, 0.1) is 0 Å². The van der Waals surface area contributed by atoms with Crippen LogP contribution in [0.25, 0.3) is 21.5 Å². The molecule has 1 aromatic heterocycles. The number of hydrogen-bond donors (Lipinski definition) is 1. The zero-order valence-electron chi connectivity index (χ0n) is 10.5. The third-order valence-corrected chi connectivity index (χ3v) is 3.08. The highest BCUT2D eigenvalue weighted by atomic mass is 16.7. The molecule has 0 atom stereocenters. The van der Waals surface area contributed by atoms with E-state index in [1.807, 2.05) is 36.4 Å². The Labute approximate surface area is 109 Å². The summed E-state index contributed by atoms with van der Waals surface area (Å²) in [6, 6.07) is 11.5. The molecule has 0 saturated carbocycles. The molecule has 0 radical (unpaired) electrons. The highest BCUT2D eigenvalue weighted by Crippen LogP contribution is 2.31. The Morgan fingerprint density at radius 2 is 2.00 bits per heavy atom. The summed E-state index contributed by atoms with van der Waals surface area (Å²) in [7, 11) is 1.57. The maximum Gasteiger partial charge on any atom is 0.256 e. The Morgan fingerprint density at radius 1 is 1.16 bits per heavy atom. The smallest absolute Gasteiger partial charge is 0.256 e. The van der Waals surface area contributed by atoms with Crippen molar-refractivity contribution in [2.75, 3.05) is 13.9 Å². The summed E-state index contributed by atoms with van der Waals surface area (Å²) < 4.78 is 10.5. The van der Waals surface area contributed by atoms with Gasteiger partial charge in [-0.3, -0.25) is 4.79 Å². The van der Waals surface area contributed by atoms with E-state index in [0.717, 1.165) is 16.2 Å². The van der Waals surface area contributed by atoms with Crippen LogP contribution in [-0.4, -0.2) is 18.9 Å². The minimum absolute atomic E-state index is 0.114. The number of methoxy groups -OCH3 is 1. The molecule has 0 unspecified atom stereocenters. The summed E-state index contributed by atoms with van der Waals surface area (Å²) in [5, 5.41) is 3.33. The van der Waals surface area contributed by atoms with Gasteiger partial charge in [-0.15, -0.1) is 0 Å². The van der Waals surface area contributed by atoms with Gasteiger partial charge in [-0.05, 0) is 22.9 Å². The van der Waals surface area contributed by atoms with E-state index in [2.05, 4.69) is 4.98 Å². The lowest BCUT2D eigenvalue weighted by atomic mass is 10.0. The molecule has 0 bridgehead atoms. The molecule has 0 aliphatic rings. The summed E-state index contributed by atoms with van der Waals surface area (Å²) in [5.41, 5.74) is -0.114. The highest BCUT2D eigenvalue weighted by molar-refractivity contribution is 6.09. The predicted octanol–water partition coefficient (Wildman–Crippen LogP) is 2.66. The van der Waals surface area contributed by atoms with E-state index in [1.54, 1.807) is 13.3 Å². The van der Waals surface area contributed by atoms with Gasteiger partial charge >= 0.3 is 0 Å². The molecule has 0 fully saturated rings. The maximum atomic E-state index is 12.1. The zero-order valence-corrected chi connectivity index (χ0v) is 10.5. The average molecular weight is 255 g/mol. The Morgan fingerprint density at radius 3 is 2.84 bits per heavy atom. The van der Waals surface area contributed by atoms with Gasteiger partial charge in [-0.1, -0.05) is 24.3 Å². The number of pyridine rings is 1. The Balaban J connectivity index is 2.41. The SMILES string of the molecule is COCOc1cc2ccccc2c2c(=O)[nH]ccc12. The number of aromatic nitrogens is 1. The van der Waals surface area contributed by atoms with Gasteiger partial charge < -0.3 is 14.5 Å². The van der Waals surface area contributed by atoms with Crippen molar-refractivity contribution in [1.82, 2.24) is 4.98 Å². The largest absolute Gasteiger partial charge is 0.467 e. The molecule has 0 aliphatic carbocycles. The van der Waals surface area contributed by atoms with E-state index < -0.39 is 0 Å². The average Bonchev–Trinajstić information content (AvgIpc) is 2.45. The molecular formula is C15H13NO3. The van der Waals surface area contributed by atoms with E-state index in [-0.39, 0.29) is 12.4 Å². The van der Waals surface area contributed by atoms with Crippen LogP contribution in [0.2, 0.25) is 0 Å². The van der Waals surface area contributed by atoms with Gasteiger partial charge in [-0.25, -0.2) is 0 Å². The van der Waals surface area contributed by atoms with Crippen molar-refractivity contribution in [3.8, 4) is 5.75 Å². The molecule has 0 aliphatic heterocycles. The van der Waals surface area contributed by atoms with E-state index in [0.29, 0.717) is 11.1 Å². The first-order valence-corrected chi connectivity index (χ1v) is 5.96. The van der Waals surface area contributed by atoms with Gasteiger partial charge in [0.05, 0.1) is 5.39 Å². The van der Waals surface area contributed by atoms with Gasteiger partial charge in [0.1, 0.15) is 5.75 Å². The molecule has 1 N–H and O–H groups in total. The van der Waals surface area contributed by atoms with Crippen LogP contribution in [0.5, 0.6) is 5.75 Å². The fraction of sp³-hybridized carbons (Fsp3) is 0.133. The molecule has 2 aromatic carbocycles. The Hall–Kier alpha value is -2.33. The van der Waals surface area contributed by atoms with Gasteiger partial charge in [-0.2, -0.15) is 0 Å². The summed E-state index contributed by atoms with van der Waals surface area (Å²) in [5.74, 6) is 0.654. The van der Waals surface area contributed by atoms with Crippen LogP contribution in [0.15, 0.2) is 47.4 Å². The lowest BCUT2D eigenvalue weighted by molar-refractivity contribution is 0.0523. The molecule has 0 saturated heterocycles. The minimum atomic E-state index is -0.114. The van der Waals surface area contributed by atoms with E-state index >= 15 is 0 Å². The van der Waals surface area contributed by atoms with Crippen LogP contribution in [0.4, 0.5) is 0 Å². The fourth-order valence-corrected chi connectivity index (χ4v) is 2.26. The van der Waals surface area contributed by atoms with Crippen LogP contribution < -0.4 is 10.3 Å². The lowest BCUT2D eigenvalue weighted by Crippen LogP contribution is -2.07. The first kappa shape index (κ1) is 11.7. The third-order valence-electron chi connectivity index (χ3n) is 3.08. The number of benzene rings is 2. The quantitative estimate of drug-likeness (QED) is 0.578. The van der Waals surface area contributed by atoms with Gasteiger partial charge in [0, 0.05) is 18.7 Å². The van der Waals surface area contributed by atoms with Crippen molar-refractivity contribution in [2.24, 2.45) is 0 Å². The van der Waals surface area contributed by atoms with Crippen LogP contribution in [-0.2, 0) is 4.74 Å². The van der Waals surface area contributed by atoms with E-state index in [1.165, 1.54) is 0 Å². The molecule has 1 heterocycles. The molecule has 4 heteroatoms. The first-order valence-electron chi connectivity index (χ1n) is 5.96. The summed E-state index contributed by atoms with van der Waals surface area (Å²) in [4.78, 5) is 14.8. The topological polar surface area (TPSA) is 51.3 Å². The summed E-state index contributed by atoms with van der Waals surface area (Å²) in [6.45, 7) is 0.153. The summed E-state index contributed by atoms with van der Waals surface area (Å²) in [6.07, 6.45) is 1.62. The number of fused-ring (bicyclic) bond motifs is 3. The molecule has 19 heavy (non-hydrogen) atoms. The second kappa shape index (κ2) is 4.74. The van der Waals surface area contributed by atoms with Crippen LogP contribution >= 0.6 is 0 Å². The first-order chi connectivity index (χ1) is 9.31. The van der Waals surface area contributed by atoms with Crippen molar-refractivity contribution in [3.05, 3.63) is 52.9 Å². The monoisotopic (exact) mass is 255 g/mol. The van der Waals surface area contributed by atoms with Gasteiger partial charge in [0.15, 0.2) is 6.79 Å². The van der Waals surface area contributed by atoms with Crippen molar-refractivity contribution in [1.29, 1.82) is 0 Å². The second-order valence-corrected chi connectivity index (χ2v) is 4.24. The van der Waals surface area contributed by atoms with E-state index in [4.69, 9.17) is 9.47 Å². The van der Waals surface area contributed by atoms with Gasteiger partial charge in [0.25, 0.3) is 5.56 Å². The number of ether oxygens (including phenoxy) is 2. The fourth-order valence-electron chi connectivity index (χ4n) is 2.26. The Kier molecular flexibility index (Phi) is 2.93. The minimum Gasteiger partial charge on any atom is -0.467 e. The number of aromatic amines is 1. The molecule has 3 rings (SSSR count). The zero-order chi connectivity index (χ0) is 13.2. The molecule has 96 valence electrons. The van der Waals surface area contributed by atoms with E-state index in [9.17, 15) is 4.79 Å². The normalized spacial score (nSPS) is 11.0. The van der Waals surface area contributed by atoms with Crippen LogP contribution in [0.1, 0.15) is 0 Å². The summed E-state index contributed by atoms with van der Waals surface area (Å²) >= 11 is 0. The lowest BCUT2D eigenvalue weighted by Gasteiger charge is -2.10. The molecule has 0 spiro atoms. The molecule has 3 aromatic rings. The van der Waals surface area contributed by atoms with Crippen molar-refractivity contribution >= 4 is 21.5 Å². The second-order valence-electron chi connectivity index (χ2n) is 4.24. The number of rotatable bonds is 3. The molecule has 4 nitrogen and oxygen atoms in total. The number of hydrogen-bond acceptors (Lipinski definition) is 3. The standard InChI is InChI=1S/C15H13NO3/c1-18-9-19-13-8-10-4-2-3-5-11(10)14-12(13)6-7-16-15(14)17/h2-8H,9H2,1H3,(H,16,17). The highest BCUT2D eigenvalue weighted by Gasteiger charge is 2.09. The Bertz CT molecular complexity index is 792. The van der Waals surface area contributed by atoms with Crippen molar-refractivity contribution < 1.29 is 9.47 Å². The number of H-pyrrole nitrogens is 1. The molecule has 0 amide bonds. The van der Waals surface area contributed by atoms with Crippen molar-refractivity contribution in [3.63, 3.8) is 0 Å². The molecular weight excluding hydrogens is 242 g/mol. The predicted molar refractivity (Wildman–Crippen MR) is 74.6 cm³/mol. The maximum absolute atomic E-state index is 12.1. The third kappa shape index (κ3) is 1.96. The number of nitrogens with one attached hydrogen (secondary N) is 1. The van der Waals surface area contributed by atoms with Gasteiger partial charge in [0.2, 0.25) is 0 Å². The van der Waals surface area contributed by atoms with Crippen molar-refractivity contribution in [2.45, 2.75) is 0 Å².